The molecule has 27 heavy (non-hydrogen) atoms. The van der Waals surface area contributed by atoms with E-state index in [1.165, 1.54) is 12.1 Å². The van der Waals surface area contributed by atoms with Crippen LogP contribution in [0, 0.1) is 12.7 Å². The van der Waals surface area contributed by atoms with E-state index in [2.05, 4.69) is 10.6 Å². The smallest absolute Gasteiger partial charge is 0.253 e. The molecule has 2 aromatic carbocycles. The number of anilines is 1. The Balaban J connectivity index is 1.47. The molecule has 0 spiro atoms. The van der Waals surface area contributed by atoms with E-state index in [0.29, 0.717) is 17.8 Å². The molecule has 6 heteroatoms. The molecule has 0 atom stereocenters. The summed E-state index contributed by atoms with van der Waals surface area (Å²) < 4.78 is 13.3. The zero-order valence-corrected chi connectivity index (χ0v) is 15.4. The van der Waals surface area contributed by atoms with Gasteiger partial charge in [-0.3, -0.25) is 9.59 Å². The van der Waals surface area contributed by atoms with Crippen molar-refractivity contribution in [2.24, 2.45) is 0 Å². The largest absolute Gasteiger partial charge is 0.376 e. The highest BCUT2D eigenvalue weighted by atomic mass is 19.1. The lowest BCUT2D eigenvalue weighted by atomic mass is 10.1. The first-order chi connectivity index (χ1) is 13.0. The van der Waals surface area contributed by atoms with Crippen molar-refractivity contribution in [3.63, 3.8) is 0 Å². The van der Waals surface area contributed by atoms with Crippen LogP contribution in [0.3, 0.4) is 0 Å². The molecule has 142 valence electrons. The van der Waals surface area contributed by atoms with Gasteiger partial charge in [0.25, 0.3) is 5.91 Å². The third kappa shape index (κ3) is 5.06. The maximum absolute atomic E-state index is 13.3. The summed E-state index contributed by atoms with van der Waals surface area (Å²) in [7, 11) is 0. The molecule has 0 radical (unpaired) electrons. The van der Waals surface area contributed by atoms with E-state index in [-0.39, 0.29) is 24.2 Å². The summed E-state index contributed by atoms with van der Waals surface area (Å²) in [6, 6.07) is 11.7. The fraction of sp³-hybridized carbons (Fsp3) is 0.333. The van der Waals surface area contributed by atoms with E-state index in [0.717, 1.165) is 37.1 Å². The molecule has 1 saturated heterocycles. The second kappa shape index (κ2) is 8.66. The topological polar surface area (TPSA) is 61.4 Å². The van der Waals surface area contributed by atoms with Gasteiger partial charge in [-0.05, 0) is 55.2 Å². The molecule has 0 aromatic heterocycles. The van der Waals surface area contributed by atoms with Crippen LogP contribution in [0.25, 0.3) is 0 Å². The van der Waals surface area contributed by atoms with Gasteiger partial charge in [-0.1, -0.05) is 18.2 Å². The quantitative estimate of drug-likeness (QED) is 0.823. The number of rotatable bonds is 6. The van der Waals surface area contributed by atoms with Crippen LogP contribution in [0.2, 0.25) is 0 Å². The Morgan fingerprint density at radius 1 is 1.07 bits per heavy atom. The number of hydrogen-bond acceptors (Lipinski definition) is 3. The molecule has 5 nitrogen and oxygen atoms in total. The molecular formula is C21H24FN3O2. The predicted octanol–water partition coefficient (Wildman–Crippen LogP) is 3.10. The average Bonchev–Trinajstić information content (AvgIpc) is 3.21. The lowest BCUT2D eigenvalue weighted by Gasteiger charge is -2.15. The van der Waals surface area contributed by atoms with E-state index >= 15 is 0 Å². The number of benzene rings is 2. The number of nitrogens with one attached hydrogen (secondary N) is 2. The number of carbonyl (C=O) groups excluding carboxylic acids is 2. The van der Waals surface area contributed by atoms with Gasteiger partial charge in [0.1, 0.15) is 5.82 Å². The molecule has 1 fully saturated rings. The third-order valence-electron chi connectivity index (χ3n) is 4.72. The fourth-order valence-electron chi connectivity index (χ4n) is 3.09. The minimum Gasteiger partial charge on any atom is -0.376 e. The standard InChI is InChI=1S/C21H24FN3O2/c1-15-4-9-18(22)12-19(15)23-14-20(26)24-13-16-5-7-17(8-6-16)21(27)25-10-2-3-11-25/h4-9,12,23H,2-3,10-11,13-14H2,1H3,(H,24,26). The molecule has 2 aromatic rings. The van der Waals surface area contributed by atoms with E-state index < -0.39 is 0 Å². The molecule has 3 rings (SSSR count). The number of nitrogens with zero attached hydrogens (tertiary/aromatic N) is 1. The van der Waals surface area contributed by atoms with Crippen LogP contribution in [-0.4, -0.2) is 36.3 Å². The van der Waals surface area contributed by atoms with E-state index in [1.54, 1.807) is 18.2 Å². The van der Waals surface area contributed by atoms with Gasteiger partial charge >= 0.3 is 0 Å². The summed E-state index contributed by atoms with van der Waals surface area (Å²) in [5.41, 5.74) is 3.08. The van der Waals surface area contributed by atoms with Gasteiger partial charge in [-0.15, -0.1) is 0 Å². The lowest BCUT2D eigenvalue weighted by molar-refractivity contribution is -0.119. The maximum Gasteiger partial charge on any atom is 0.253 e. The minimum absolute atomic E-state index is 0.0653. The molecule has 0 unspecified atom stereocenters. The Hall–Kier alpha value is -2.89. The number of aryl methyl sites for hydroxylation is 1. The van der Waals surface area contributed by atoms with Crippen LogP contribution in [0.15, 0.2) is 42.5 Å². The van der Waals surface area contributed by atoms with Crippen LogP contribution in [0.1, 0.15) is 34.3 Å². The number of halogens is 1. The molecule has 1 heterocycles. The van der Waals surface area contributed by atoms with Gasteiger partial charge in [0.15, 0.2) is 0 Å². The first-order valence-corrected chi connectivity index (χ1v) is 9.18. The molecule has 0 bridgehead atoms. The van der Waals surface area contributed by atoms with Crippen molar-refractivity contribution in [1.29, 1.82) is 0 Å². The van der Waals surface area contributed by atoms with Crippen LogP contribution in [-0.2, 0) is 11.3 Å². The van der Waals surface area contributed by atoms with Crippen molar-refractivity contribution in [2.75, 3.05) is 25.0 Å². The molecule has 2 amide bonds. The number of hydrogen-bond donors (Lipinski definition) is 2. The minimum atomic E-state index is -0.341. The Morgan fingerprint density at radius 2 is 1.78 bits per heavy atom. The highest BCUT2D eigenvalue weighted by Crippen LogP contribution is 2.16. The summed E-state index contributed by atoms with van der Waals surface area (Å²) in [4.78, 5) is 26.2. The van der Waals surface area contributed by atoms with E-state index in [1.807, 2.05) is 24.0 Å². The highest BCUT2D eigenvalue weighted by molar-refractivity contribution is 5.94. The summed E-state index contributed by atoms with van der Waals surface area (Å²) in [6.45, 7) is 3.95. The number of carbonyl (C=O) groups is 2. The second-order valence-electron chi connectivity index (χ2n) is 6.79. The van der Waals surface area contributed by atoms with Gasteiger partial charge in [-0.25, -0.2) is 4.39 Å². The van der Waals surface area contributed by atoms with Gasteiger partial charge in [-0.2, -0.15) is 0 Å². The average molecular weight is 369 g/mol. The van der Waals surface area contributed by atoms with Crippen LogP contribution in [0.4, 0.5) is 10.1 Å². The van der Waals surface area contributed by atoms with Gasteiger partial charge < -0.3 is 15.5 Å². The van der Waals surface area contributed by atoms with Gasteiger partial charge in [0.05, 0.1) is 6.54 Å². The normalized spacial score (nSPS) is 13.5. The zero-order valence-electron chi connectivity index (χ0n) is 15.4. The second-order valence-corrected chi connectivity index (χ2v) is 6.79. The van der Waals surface area contributed by atoms with Gasteiger partial charge in [0, 0.05) is 30.9 Å². The van der Waals surface area contributed by atoms with Crippen LogP contribution >= 0.6 is 0 Å². The summed E-state index contributed by atoms with van der Waals surface area (Å²) in [5, 5.41) is 5.76. The van der Waals surface area contributed by atoms with Crippen LogP contribution in [0.5, 0.6) is 0 Å². The molecule has 0 saturated carbocycles. The molecule has 2 N–H and O–H groups in total. The number of likely N-dealkylation sites (tertiary alicyclic amines) is 1. The Labute approximate surface area is 158 Å². The zero-order chi connectivity index (χ0) is 19.2. The Bertz CT molecular complexity index is 815. The molecule has 1 aliphatic rings. The lowest BCUT2D eigenvalue weighted by Crippen LogP contribution is -2.29. The summed E-state index contributed by atoms with van der Waals surface area (Å²) in [5.74, 6) is -0.458. The summed E-state index contributed by atoms with van der Waals surface area (Å²) >= 11 is 0. The SMILES string of the molecule is Cc1ccc(F)cc1NCC(=O)NCc1ccc(C(=O)N2CCCC2)cc1. The van der Waals surface area contributed by atoms with Crippen molar-refractivity contribution >= 4 is 17.5 Å². The first-order valence-electron chi connectivity index (χ1n) is 9.18. The Morgan fingerprint density at radius 3 is 2.48 bits per heavy atom. The molecule has 1 aliphatic heterocycles. The highest BCUT2D eigenvalue weighted by Gasteiger charge is 2.19. The molecule has 0 aliphatic carbocycles. The van der Waals surface area contributed by atoms with Crippen molar-refractivity contribution in [2.45, 2.75) is 26.3 Å². The van der Waals surface area contributed by atoms with Crippen LogP contribution < -0.4 is 10.6 Å². The maximum atomic E-state index is 13.3. The van der Waals surface area contributed by atoms with Crippen molar-refractivity contribution in [3.05, 3.63) is 65.0 Å². The van der Waals surface area contributed by atoms with Crippen molar-refractivity contribution in [3.8, 4) is 0 Å². The predicted molar refractivity (Wildman–Crippen MR) is 103 cm³/mol. The first kappa shape index (κ1) is 18.9. The van der Waals surface area contributed by atoms with Crippen molar-refractivity contribution < 1.29 is 14.0 Å². The monoisotopic (exact) mass is 369 g/mol. The Kier molecular flexibility index (Phi) is 6.06. The van der Waals surface area contributed by atoms with E-state index in [4.69, 9.17) is 0 Å². The van der Waals surface area contributed by atoms with Gasteiger partial charge in [0.2, 0.25) is 5.91 Å². The number of amides is 2. The van der Waals surface area contributed by atoms with E-state index in [9.17, 15) is 14.0 Å². The third-order valence-corrected chi connectivity index (χ3v) is 4.72. The summed E-state index contributed by atoms with van der Waals surface area (Å²) in [6.07, 6.45) is 2.14. The molecular weight excluding hydrogens is 345 g/mol. The fourth-order valence-corrected chi connectivity index (χ4v) is 3.09. The van der Waals surface area contributed by atoms with Crippen molar-refractivity contribution in [1.82, 2.24) is 10.2 Å².